The Hall–Kier alpha value is -2.37. The van der Waals surface area contributed by atoms with E-state index in [2.05, 4.69) is 37.1 Å². The van der Waals surface area contributed by atoms with Crippen LogP contribution in [0, 0.1) is 0 Å². The van der Waals surface area contributed by atoms with Crippen LogP contribution in [0.2, 0.25) is 0 Å². The average Bonchev–Trinajstić information content (AvgIpc) is 2.48. The summed E-state index contributed by atoms with van der Waals surface area (Å²) < 4.78 is 0. The van der Waals surface area contributed by atoms with Gasteiger partial charge < -0.3 is 9.80 Å². The predicted molar refractivity (Wildman–Crippen MR) is 73.5 cm³/mol. The van der Waals surface area contributed by atoms with Gasteiger partial charge in [-0.3, -0.25) is 0 Å². The van der Waals surface area contributed by atoms with E-state index in [0.29, 0.717) is 5.82 Å². The van der Waals surface area contributed by atoms with E-state index in [4.69, 9.17) is 0 Å². The molecule has 6 heteroatoms. The van der Waals surface area contributed by atoms with Crippen LogP contribution in [0.4, 0.5) is 11.5 Å². The summed E-state index contributed by atoms with van der Waals surface area (Å²) in [7, 11) is 0. The second-order valence-electron chi connectivity index (χ2n) is 4.45. The van der Waals surface area contributed by atoms with E-state index in [-0.39, 0.29) is 0 Å². The van der Waals surface area contributed by atoms with Crippen molar-refractivity contribution in [2.75, 3.05) is 36.0 Å². The van der Waals surface area contributed by atoms with E-state index in [1.807, 2.05) is 18.2 Å². The van der Waals surface area contributed by atoms with Crippen LogP contribution in [-0.4, -0.2) is 41.4 Å². The zero-order chi connectivity index (χ0) is 13.1. The van der Waals surface area contributed by atoms with Crippen LogP contribution in [0.3, 0.4) is 0 Å². The number of H-pyrrole nitrogens is 1. The average molecular weight is 257 g/mol. The quantitative estimate of drug-likeness (QED) is 0.848. The number of hydrogen-bond donors (Lipinski definition) is 1. The Morgan fingerprint density at radius 1 is 1.00 bits per heavy atom. The zero-order valence-corrected chi connectivity index (χ0v) is 10.5. The molecule has 0 saturated carbocycles. The maximum Gasteiger partial charge on any atom is 0.363 e. The summed E-state index contributed by atoms with van der Waals surface area (Å²) in [6.07, 6.45) is 1.60. The molecule has 0 amide bonds. The third-order valence-electron chi connectivity index (χ3n) is 3.28. The van der Waals surface area contributed by atoms with E-state index in [0.717, 1.165) is 26.2 Å². The molecule has 1 aromatic carbocycles. The summed E-state index contributed by atoms with van der Waals surface area (Å²) in [5.41, 5.74) is 0.835. The number of nitrogens with one attached hydrogen (secondary N) is 1. The highest BCUT2D eigenvalue weighted by atomic mass is 16.1. The van der Waals surface area contributed by atoms with Gasteiger partial charge in [-0.25, -0.2) is 9.89 Å². The van der Waals surface area contributed by atoms with E-state index >= 15 is 0 Å². The normalized spacial score (nSPS) is 15.6. The van der Waals surface area contributed by atoms with Gasteiger partial charge in [0.1, 0.15) is 0 Å². The summed E-state index contributed by atoms with van der Waals surface area (Å²) in [5.74, 6) is 0.650. The standard InChI is InChI=1S/C13H15N5O/c19-13-15-12(10-14-16-13)18-8-6-17(7-9-18)11-4-2-1-3-5-11/h1-5,10H,6-9H2,(H,15,16,19). The maximum atomic E-state index is 11.2. The summed E-state index contributed by atoms with van der Waals surface area (Å²) >= 11 is 0. The first-order valence-electron chi connectivity index (χ1n) is 6.29. The largest absolute Gasteiger partial charge is 0.368 e. The lowest BCUT2D eigenvalue weighted by Crippen LogP contribution is -2.47. The van der Waals surface area contributed by atoms with Crippen molar-refractivity contribution in [3.8, 4) is 0 Å². The van der Waals surface area contributed by atoms with Gasteiger partial charge in [0.25, 0.3) is 0 Å². The first-order chi connectivity index (χ1) is 9.33. The molecule has 0 bridgehead atoms. The molecule has 1 aliphatic heterocycles. The van der Waals surface area contributed by atoms with Crippen LogP contribution in [0.25, 0.3) is 0 Å². The van der Waals surface area contributed by atoms with Gasteiger partial charge in [-0.1, -0.05) is 18.2 Å². The van der Waals surface area contributed by atoms with Gasteiger partial charge in [0.05, 0.1) is 6.20 Å². The fourth-order valence-electron chi connectivity index (χ4n) is 2.29. The van der Waals surface area contributed by atoms with E-state index in [1.54, 1.807) is 6.20 Å². The van der Waals surface area contributed by atoms with Crippen molar-refractivity contribution in [1.29, 1.82) is 0 Å². The van der Waals surface area contributed by atoms with E-state index in [1.165, 1.54) is 5.69 Å². The number of hydrogen-bond acceptors (Lipinski definition) is 5. The smallest absolute Gasteiger partial charge is 0.363 e. The van der Waals surface area contributed by atoms with Crippen LogP contribution >= 0.6 is 0 Å². The highest BCUT2D eigenvalue weighted by molar-refractivity contribution is 5.48. The minimum absolute atomic E-state index is 0.400. The minimum Gasteiger partial charge on any atom is -0.368 e. The molecule has 0 radical (unpaired) electrons. The van der Waals surface area contributed by atoms with Crippen LogP contribution < -0.4 is 15.5 Å². The highest BCUT2D eigenvalue weighted by Gasteiger charge is 2.18. The molecular formula is C13H15N5O. The number of para-hydroxylation sites is 1. The molecule has 19 heavy (non-hydrogen) atoms. The van der Waals surface area contributed by atoms with Gasteiger partial charge in [-0.05, 0) is 12.1 Å². The third kappa shape index (κ3) is 2.57. The van der Waals surface area contributed by atoms with Crippen molar-refractivity contribution in [2.24, 2.45) is 0 Å². The number of benzene rings is 1. The number of rotatable bonds is 2. The molecule has 1 saturated heterocycles. The van der Waals surface area contributed by atoms with Gasteiger partial charge in [0, 0.05) is 31.9 Å². The van der Waals surface area contributed by atoms with Crippen LogP contribution in [-0.2, 0) is 0 Å². The second-order valence-corrected chi connectivity index (χ2v) is 4.45. The molecule has 1 N–H and O–H groups in total. The summed E-state index contributed by atoms with van der Waals surface area (Å²) in [5, 5.41) is 6.07. The number of aromatic amines is 1. The Morgan fingerprint density at radius 3 is 2.37 bits per heavy atom. The Labute approximate surface area is 110 Å². The molecule has 6 nitrogen and oxygen atoms in total. The Balaban J connectivity index is 1.68. The molecule has 98 valence electrons. The summed E-state index contributed by atoms with van der Waals surface area (Å²) in [6.45, 7) is 3.51. The van der Waals surface area contributed by atoms with Gasteiger partial charge in [0.2, 0.25) is 0 Å². The lowest BCUT2D eigenvalue weighted by molar-refractivity contribution is 0.642. The molecule has 3 rings (SSSR count). The van der Waals surface area contributed by atoms with Crippen molar-refractivity contribution in [1.82, 2.24) is 15.2 Å². The second kappa shape index (κ2) is 5.09. The van der Waals surface area contributed by atoms with Crippen LogP contribution in [0.5, 0.6) is 0 Å². The third-order valence-corrected chi connectivity index (χ3v) is 3.28. The number of nitrogens with zero attached hydrogens (tertiary/aromatic N) is 4. The summed E-state index contributed by atoms with van der Waals surface area (Å²) in [4.78, 5) is 19.5. The zero-order valence-electron chi connectivity index (χ0n) is 10.5. The molecule has 1 aliphatic rings. The highest BCUT2D eigenvalue weighted by Crippen LogP contribution is 2.17. The fourth-order valence-corrected chi connectivity index (χ4v) is 2.29. The van der Waals surface area contributed by atoms with Gasteiger partial charge in [-0.15, -0.1) is 0 Å². The van der Waals surface area contributed by atoms with Gasteiger partial charge >= 0.3 is 5.69 Å². The minimum atomic E-state index is -0.400. The molecule has 0 unspecified atom stereocenters. The Morgan fingerprint density at radius 2 is 1.68 bits per heavy atom. The van der Waals surface area contributed by atoms with Crippen LogP contribution in [0.1, 0.15) is 0 Å². The van der Waals surface area contributed by atoms with Crippen LogP contribution in [0.15, 0.2) is 41.3 Å². The van der Waals surface area contributed by atoms with E-state index < -0.39 is 5.69 Å². The van der Waals surface area contributed by atoms with Crippen molar-refractivity contribution >= 4 is 11.5 Å². The fraction of sp³-hybridized carbons (Fsp3) is 0.308. The molecule has 1 aromatic heterocycles. The lowest BCUT2D eigenvalue weighted by atomic mass is 10.2. The molecule has 0 aliphatic carbocycles. The SMILES string of the molecule is O=c1nc(N2CCN(c3ccccc3)CC2)cn[nH]1. The Bertz CT molecular complexity index is 589. The molecule has 2 heterocycles. The summed E-state index contributed by atoms with van der Waals surface area (Å²) in [6, 6.07) is 10.3. The molecule has 0 spiro atoms. The van der Waals surface area contributed by atoms with Crippen molar-refractivity contribution in [3.63, 3.8) is 0 Å². The molecule has 0 atom stereocenters. The van der Waals surface area contributed by atoms with E-state index in [9.17, 15) is 4.79 Å². The monoisotopic (exact) mass is 257 g/mol. The first-order valence-corrected chi connectivity index (χ1v) is 6.29. The molecular weight excluding hydrogens is 242 g/mol. The van der Waals surface area contributed by atoms with Gasteiger partial charge in [-0.2, -0.15) is 10.1 Å². The maximum absolute atomic E-state index is 11.2. The van der Waals surface area contributed by atoms with Crippen molar-refractivity contribution in [3.05, 3.63) is 47.0 Å². The molecule has 1 fully saturated rings. The number of aromatic nitrogens is 3. The van der Waals surface area contributed by atoms with Crippen molar-refractivity contribution in [2.45, 2.75) is 0 Å². The van der Waals surface area contributed by atoms with Gasteiger partial charge in [0.15, 0.2) is 5.82 Å². The Kier molecular flexibility index (Phi) is 3.14. The number of anilines is 2. The predicted octanol–water partition coefficient (Wildman–Crippen LogP) is 0.491. The first kappa shape index (κ1) is 11.7. The number of piperazine rings is 1. The molecule has 2 aromatic rings. The topological polar surface area (TPSA) is 65.1 Å². The lowest BCUT2D eigenvalue weighted by Gasteiger charge is -2.36. The van der Waals surface area contributed by atoms with Crippen molar-refractivity contribution < 1.29 is 0 Å².